The van der Waals surface area contributed by atoms with Gasteiger partial charge < -0.3 is 4.52 Å². The zero-order valence-corrected chi connectivity index (χ0v) is 13.3. The average molecular weight is 322 g/mol. The number of likely N-dealkylation sites (tertiary alicyclic amines) is 1. The van der Waals surface area contributed by atoms with Crippen LogP contribution in [0.3, 0.4) is 0 Å². The van der Waals surface area contributed by atoms with Gasteiger partial charge in [0.25, 0.3) is 0 Å². The highest BCUT2D eigenvalue weighted by molar-refractivity contribution is 7.13. The quantitative estimate of drug-likeness (QED) is 0.896. The summed E-state index contributed by atoms with van der Waals surface area (Å²) in [5.74, 6) is 1.41. The Balaban J connectivity index is 1.63. The summed E-state index contributed by atoms with van der Waals surface area (Å²) in [5.41, 5.74) is 1.58. The summed E-state index contributed by atoms with van der Waals surface area (Å²) in [6, 6.07) is 0.0384. The molecule has 3 rings (SSSR count). The molecule has 1 aliphatic heterocycles. The second-order valence-corrected chi connectivity index (χ2v) is 6.40. The van der Waals surface area contributed by atoms with E-state index in [0.717, 1.165) is 19.4 Å². The molecular weight excluding hydrogens is 304 g/mol. The number of rotatable bonds is 5. The summed E-state index contributed by atoms with van der Waals surface area (Å²) in [6.45, 7) is 5.16. The van der Waals surface area contributed by atoms with Crippen LogP contribution < -0.4 is 5.32 Å². The number of aromatic nitrogens is 4. The molecule has 0 saturated carbocycles. The van der Waals surface area contributed by atoms with Crippen molar-refractivity contribution in [2.24, 2.45) is 0 Å². The van der Waals surface area contributed by atoms with Crippen LogP contribution in [0, 0.1) is 0 Å². The van der Waals surface area contributed by atoms with Gasteiger partial charge in [-0.15, -0.1) is 10.2 Å². The molecule has 0 spiro atoms. The fraction of sp³-hybridized carbons (Fsp3) is 0.615. The molecule has 0 aromatic carbocycles. The number of carbonyl (C=O) groups is 1. The van der Waals surface area contributed by atoms with E-state index in [4.69, 9.17) is 4.52 Å². The normalized spacial score (nSPS) is 19.0. The molecule has 1 atom stereocenters. The lowest BCUT2D eigenvalue weighted by Crippen LogP contribution is -2.33. The molecule has 3 heterocycles. The highest BCUT2D eigenvalue weighted by Gasteiger charge is 2.31. The highest BCUT2D eigenvalue weighted by atomic mass is 32.1. The van der Waals surface area contributed by atoms with Gasteiger partial charge >= 0.3 is 0 Å². The van der Waals surface area contributed by atoms with Crippen LogP contribution in [-0.4, -0.2) is 44.2 Å². The summed E-state index contributed by atoms with van der Waals surface area (Å²) in [6.07, 6.45) is 1.95. The molecule has 1 aliphatic rings. The lowest BCUT2D eigenvalue weighted by molar-refractivity contribution is -0.117. The minimum atomic E-state index is -0.101. The Bertz CT molecular complexity index is 626. The van der Waals surface area contributed by atoms with Crippen LogP contribution >= 0.6 is 11.3 Å². The molecule has 1 fully saturated rings. The standard InChI is InChI=1S/C13H18N6O2S/c1-8(2)12-16-11(18-21-12)9-4-3-5-19(9)6-10(20)15-13-17-14-7-22-13/h7-9H,3-6H2,1-2H3,(H,15,17,20)/t9-/m0/s1. The Labute approximate surface area is 131 Å². The van der Waals surface area contributed by atoms with Crippen molar-refractivity contribution in [3.63, 3.8) is 0 Å². The maximum absolute atomic E-state index is 12.1. The number of hydrogen-bond acceptors (Lipinski definition) is 8. The van der Waals surface area contributed by atoms with Crippen molar-refractivity contribution < 1.29 is 9.32 Å². The van der Waals surface area contributed by atoms with Crippen molar-refractivity contribution in [1.82, 2.24) is 25.2 Å². The number of amides is 1. The summed E-state index contributed by atoms with van der Waals surface area (Å²) >= 11 is 1.30. The van der Waals surface area contributed by atoms with Gasteiger partial charge in [-0.2, -0.15) is 4.98 Å². The molecule has 1 N–H and O–H groups in total. The smallest absolute Gasteiger partial charge is 0.240 e. The van der Waals surface area contributed by atoms with Gasteiger partial charge in [0.05, 0.1) is 12.6 Å². The molecule has 118 valence electrons. The molecule has 0 bridgehead atoms. The Morgan fingerprint density at radius 1 is 1.59 bits per heavy atom. The van der Waals surface area contributed by atoms with Crippen LogP contribution in [0.25, 0.3) is 0 Å². The van der Waals surface area contributed by atoms with Gasteiger partial charge in [0.15, 0.2) is 5.82 Å². The fourth-order valence-corrected chi connectivity index (χ4v) is 2.96. The second kappa shape index (κ2) is 6.49. The zero-order valence-electron chi connectivity index (χ0n) is 12.5. The number of carbonyl (C=O) groups excluding carboxylic acids is 1. The Kier molecular flexibility index (Phi) is 4.44. The largest absolute Gasteiger partial charge is 0.339 e. The van der Waals surface area contributed by atoms with Crippen LogP contribution in [0.2, 0.25) is 0 Å². The first-order valence-corrected chi connectivity index (χ1v) is 8.15. The first kappa shape index (κ1) is 15.0. The first-order valence-electron chi connectivity index (χ1n) is 7.27. The second-order valence-electron chi connectivity index (χ2n) is 5.57. The fourth-order valence-electron chi connectivity index (χ4n) is 2.50. The predicted octanol–water partition coefficient (Wildman–Crippen LogP) is 1.82. The lowest BCUT2D eigenvalue weighted by Gasteiger charge is -2.20. The van der Waals surface area contributed by atoms with E-state index in [2.05, 4.69) is 30.6 Å². The monoisotopic (exact) mass is 322 g/mol. The van der Waals surface area contributed by atoms with Gasteiger partial charge in [0.2, 0.25) is 16.9 Å². The van der Waals surface area contributed by atoms with Gasteiger partial charge in [-0.05, 0) is 19.4 Å². The van der Waals surface area contributed by atoms with E-state index in [0.29, 0.717) is 16.8 Å². The van der Waals surface area contributed by atoms with Crippen molar-refractivity contribution in [2.75, 3.05) is 18.4 Å². The molecule has 2 aromatic heterocycles. The maximum Gasteiger partial charge on any atom is 0.240 e. The van der Waals surface area contributed by atoms with E-state index < -0.39 is 0 Å². The van der Waals surface area contributed by atoms with Crippen molar-refractivity contribution >= 4 is 22.4 Å². The summed E-state index contributed by atoms with van der Waals surface area (Å²) < 4.78 is 5.27. The number of hydrogen-bond donors (Lipinski definition) is 1. The number of nitrogens with one attached hydrogen (secondary N) is 1. The predicted molar refractivity (Wildman–Crippen MR) is 80.5 cm³/mol. The molecule has 22 heavy (non-hydrogen) atoms. The van der Waals surface area contributed by atoms with Gasteiger partial charge in [0, 0.05) is 5.92 Å². The minimum absolute atomic E-state index is 0.0384. The first-order chi connectivity index (χ1) is 10.6. The highest BCUT2D eigenvalue weighted by Crippen LogP contribution is 2.30. The van der Waals surface area contributed by atoms with Crippen molar-refractivity contribution in [1.29, 1.82) is 0 Å². The SMILES string of the molecule is CC(C)c1nc([C@@H]2CCCN2CC(=O)Nc2nncs2)no1. The van der Waals surface area contributed by atoms with Crippen molar-refractivity contribution in [3.05, 3.63) is 17.2 Å². The van der Waals surface area contributed by atoms with Crippen LogP contribution in [0.1, 0.15) is 50.4 Å². The molecule has 1 amide bonds. The lowest BCUT2D eigenvalue weighted by atomic mass is 10.2. The molecule has 2 aromatic rings. The van der Waals surface area contributed by atoms with E-state index in [1.54, 1.807) is 5.51 Å². The molecule has 1 saturated heterocycles. The topological polar surface area (TPSA) is 97.0 Å². The minimum Gasteiger partial charge on any atom is -0.339 e. The molecule has 0 aliphatic carbocycles. The summed E-state index contributed by atoms with van der Waals surface area (Å²) in [5, 5.41) is 14.8. The summed E-state index contributed by atoms with van der Waals surface area (Å²) in [7, 11) is 0. The average Bonchev–Trinajstić information content (AvgIpc) is 3.18. The molecule has 0 unspecified atom stereocenters. The molecular formula is C13H18N6O2S. The van der Waals surface area contributed by atoms with E-state index in [9.17, 15) is 4.79 Å². The molecule has 9 heteroatoms. The van der Waals surface area contributed by atoms with Gasteiger partial charge in [-0.25, -0.2) is 0 Å². The number of anilines is 1. The zero-order chi connectivity index (χ0) is 15.5. The van der Waals surface area contributed by atoms with Crippen LogP contribution in [0.5, 0.6) is 0 Å². The van der Waals surface area contributed by atoms with E-state index in [1.807, 2.05) is 13.8 Å². The third-order valence-electron chi connectivity index (χ3n) is 3.57. The van der Waals surface area contributed by atoms with Crippen molar-refractivity contribution in [2.45, 2.75) is 38.6 Å². The third-order valence-corrected chi connectivity index (χ3v) is 4.17. The van der Waals surface area contributed by atoms with Crippen LogP contribution in [-0.2, 0) is 4.79 Å². The summed E-state index contributed by atoms with van der Waals surface area (Å²) in [4.78, 5) is 18.6. The third kappa shape index (κ3) is 3.30. The Hall–Kier alpha value is -1.87. The van der Waals surface area contributed by atoms with E-state index in [1.165, 1.54) is 11.3 Å². The maximum atomic E-state index is 12.1. The van der Waals surface area contributed by atoms with E-state index >= 15 is 0 Å². The Morgan fingerprint density at radius 3 is 3.14 bits per heavy atom. The van der Waals surface area contributed by atoms with E-state index in [-0.39, 0.29) is 24.4 Å². The number of nitrogens with zero attached hydrogens (tertiary/aromatic N) is 5. The van der Waals surface area contributed by atoms with Gasteiger partial charge in [-0.3, -0.25) is 15.0 Å². The van der Waals surface area contributed by atoms with Crippen LogP contribution in [0.15, 0.2) is 10.0 Å². The molecule has 8 nitrogen and oxygen atoms in total. The molecule has 0 radical (unpaired) electrons. The van der Waals surface area contributed by atoms with Crippen LogP contribution in [0.4, 0.5) is 5.13 Å². The van der Waals surface area contributed by atoms with Gasteiger partial charge in [0.1, 0.15) is 5.51 Å². The van der Waals surface area contributed by atoms with Gasteiger partial charge in [-0.1, -0.05) is 30.3 Å². The van der Waals surface area contributed by atoms with Crippen molar-refractivity contribution in [3.8, 4) is 0 Å². The Morgan fingerprint density at radius 2 is 2.45 bits per heavy atom.